The minimum absolute atomic E-state index is 0.0145. The molecule has 0 bridgehead atoms. The van der Waals surface area contributed by atoms with Crippen LogP contribution in [0.3, 0.4) is 0 Å². The molecule has 0 spiro atoms. The van der Waals surface area contributed by atoms with Crippen LogP contribution in [-0.2, 0) is 4.79 Å². The van der Waals surface area contributed by atoms with E-state index in [0.717, 1.165) is 45.0 Å². The first-order valence-corrected chi connectivity index (χ1v) is 10.7. The predicted octanol–water partition coefficient (Wildman–Crippen LogP) is 1.61. The van der Waals surface area contributed by atoms with Crippen molar-refractivity contribution in [3.05, 3.63) is 60.4 Å². The van der Waals surface area contributed by atoms with E-state index in [4.69, 9.17) is 5.73 Å². The molecule has 0 atom stereocenters. The van der Waals surface area contributed by atoms with E-state index in [0.29, 0.717) is 19.0 Å². The number of nitrogens with two attached hydrogens (primary N) is 1. The second-order valence-electron chi connectivity index (χ2n) is 7.83. The molecule has 2 fully saturated rings. The van der Waals surface area contributed by atoms with Gasteiger partial charge in [0.2, 0.25) is 5.91 Å². The van der Waals surface area contributed by atoms with Crippen LogP contribution in [0.15, 0.2) is 59.6 Å². The summed E-state index contributed by atoms with van der Waals surface area (Å²) < 4.78 is 13.1. The molecule has 2 aliphatic heterocycles. The highest BCUT2D eigenvalue weighted by Crippen LogP contribution is 2.17. The zero-order valence-electron chi connectivity index (χ0n) is 17.7. The molecule has 0 aliphatic carbocycles. The Kier molecular flexibility index (Phi) is 6.54. The molecule has 8 heteroatoms. The Morgan fingerprint density at radius 3 is 1.87 bits per heavy atom. The van der Waals surface area contributed by atoms with Crippen LogP contribution >= 0.6 is 0 Å². The van der Waals surface area contributed by atoms with Crippen molar-refractivity contribution in [2.24, 2.45) is 10.7 Å². The van der Waals surface area contributed by atoms with Crippen molar-refractivity contribution in [1.82, 2.24) is 9.80 Å². The zero-order valence-corrected chi connectivity index (χ0v) is 17.7. The number of carbonyl (C=O) groups excluding carboxylic acids is 1. The van der Waals surface area contributed by atoms with Gasteiger partial charge in [-0.1, -0.05) is 18.2 Å². The van der Waals surface area contributed by atoms with Gasteiger partial charge < -0.3 is 25.3 Å². The first-order chi connectivity index (χ1) is 15.1. The van der Waals surface area contributed by atoms with Gasteiger partial charge in [0, 0.05) is 63.7 Å². The van der Waals surface area contributed by atoms with Crippen LogP contribution in [0.2, 0.25) is 0 Å². The number of para-hydroxylation sites is 1. The maximum Gasteiger partial charge on any atom is 0.244 e. The fraction of sp³-hybridized carbons (Fsp3) is 0.391. The van der Waals surface area contributed by atoms with Crippen molar-refractivity contribution >= 4 is 23.2 Å². The second kappa shape index (κ2) is 9.68. The standard InChI is InChI=1S/C23H29FN6O/c24-19-6-8-21(9-7-19)28-12-16-30(17-13-28)23(25)26-18-22(31)29-14-10-27(11-15-29)20-4-2-1-3-5-20/h1-9H,10-18H2,(H2,25,26). The lowest BCUT2D eigenvalue weighted by atomic mass is 10.2. The zero-order chi connectivity index (χ0) is 21.6. The SMILES string of the molecule is NC(=NCC(=O)N1CCN(c2ccccc2)CC1)N1CCN(c2ccc(F)cc2)CC1. The van der Waals surface area contributed by atoms with Gasteiger partial charge in [-0.15, -0.1) is 0 Å². The van der Waals surface area contributed by atoms with Crippen molar-refractivity contribution < 1.29 is 9.18 Å². The van der Waals surface area contributed by atoms with Crippen molar-refractivity contribution in [3.8, 4) is 0 Å². The van der Waals surface area contributed by atoms with Crippen molar-refractivity contribution in [2.45, 2.75) is 0 Å². The van der Waals surface area contributed by atoms with Crippen LogP contribution in [0, 0.1) is 5.82 Å². The smallest absolute Gasteiger partial charge is 0.244 e. The Hall–Kier alpha value is -3.29. The fourth-order valence-corrected chi connectivity index (χ4v) is 4.05. The molecule has 31 heavy (non-hydrogen) atoms. The van der Waals surface area contributed by atoms with Gasteiger partial charge in [0.15, 0.2) is 5.96 Å². The van der Waals surface area contributed by atoms with Crippen LogP contribution in [-0.4, -0.2) is 80.6 Å². The maximum atomic E-state index is 13.1. The molecule has 2 N–H and O–H groups in total. The van der Waals surface area contributed by atoms with Crippen LogP contribution < -0.4 is 15.5 Å². The third kappa shape index (κ3) is 5.25. The third-order valence-corrected chi connectivity index (χ3v) is 5.93. The van der Waals surface area contributed by atoms with Gasteiger partial charge in [-0.25, -0.2) is 9.38 Å². The van der Waals surface area contributed by atoms with E-state index >= 15 is 0 Å². The Morgan fingerprint density at radius 2 is 1.29 bits per heavy atom. The molecule has 164 valence electrons. The highest BCUT2D eigenvalue weighted by Gasteiger charge is 2.22. The number of piperazine rings is 2. The van der Waals surface area contributed by atoms with Crippen LogP contribution in [0.25, 0.3) is 0 Å². The molecule has 0 unspecified atom stereocenters. The number of hydrogen-bond donors (Lipinski definition) is 1. The van der Waals surface area contributed by atoms with Crippen LogP contribution in [0.4, 0.5) is 15.8 Å². The Morgan fingerprint density at radius 1 is 0.774 bits per heavy atom. The number of amides is 1. The maximum absolute atomic E-state index is 13.1. The van der Waals surface area contributed by atoms with E-state index in [1.54, 1.807) is 12.1 Å². The molecular weight excluding hydrogens is 395 g/mol. The summed E-state index contributed by atoms with van der Waals surface area (Å²) in [6.45, 7) is 6.09. The second-order valence-corrected chi connectivity index (χ2v) is 7.83. The molecular formula is C23H29FN6O. The number of carbonyl (C=O) groups is 1. The van der Waals surface area contributed by atoms with Crippen molar-refractivity contribution in [1.29, 1.82) is 0 Å². The summed E-state index contributed by atoms with van der Waals surface area (Å²) >= 11 is 0. The minimum atomic E-state index is -0.232. The van der Waals surface area contributed by atoms with E-state index in [1.165, 1.54) is 17.8 Å². The minimum Gasteiger partial charge on any atom is -0.370 e. The number of benzene rings is 2. The summed E-state index contributed by atoms with van der Waals surface area (Å²) in [7, 11) is 0. The van der Waals surface area contributed by atoms with Gasteiger partial charge in [-0.2, -0.15) is 0 Å². The average Bonchev–Trinajstić information content (AvgIpc) is 2.83. The summed E-state index contributed by atoms with van der Waals surface area (Å²) in [5, 5.41) is 0. The number of halogens is 1. The molecule has 0 aromatic heterocycles. The Bertz CT molecular complexity index is 888. The Labute approximate surface area is 182 Å². The first kappa shape index (κ1) is 21.0. The number of aliphatic imine (C=N–C) groups is 1. The van der Waals surface area contributed by atoms with E-state index in [2.05, 4.69) is 26.9 Å². The molecule has 2 heterocycles. The summed E-state index contributed by atoms with van der Waals surface area (Å²) in [6, 6.07) is 16.8. The molecule has 0 radical (unpaired) electrons. The molecule has 2 aromatic carbocycles. The normalized spacial score (nSPS) is 17.8. The number of rotatable bonds is 4. The Balaban J connectivity index is 1.22. The van der Waals surface area contributed by atoms with Crippen LogP contribution in [0.5, 0.6) is 0 Å². The quantitative estimate of drug-likeness (QED) is 0.597. The summed E-state index contributed by atoms with van der Waals surface area (Å²) in [5.41, 5.74) is 8.35. The molecule has 2 aliphatic rings. The summed E-state index contributed by atoms with van der Waals surface area (Å²) in [6.07, 6.45) is 0. The molecule has 2 saturated heterocycles. The monoisotopic (exact) mass is 424 g/mol. The van der Waals surface area contributed by atoms with Gasteiger partial charge in [-0.05, 0) is 36.4 Å². The van der Waals surface area contributed by atoms with E-state index in [-0.39, 0.29) is 18.3 Å². The number of nitrogens with zero attached hydrogens (tertiary/aromatic N) is 5. The molecule has 4 rings (SSSR count). The number of anilines is 2. The number of guanidine groups is 1. The van der Waals surface area contributed by atoms with Crippen LogP contribution in [0.1, 0.15) is 0 Å². The van der Waals surface area contributed by atoms with E-state index in [9.17, 15) is 9.18 Å². The van der Waals surface area contributed by atoms with Gasteiger partial charge in [0.05, 0.1) is 0 Å². The van der Waals surface area contributed by atoms with Crippen molar-refractivity contribution in [3.63, 3.8) is 0 Å². The van der Waals surface area contributed by atoms with Gasteiger partial charge in [0.1, 0.15) is 12.4 Å². The van der Waals surface area contributed by atoms with Gasteiger partial charge >= 0.3 is 0 Å². The molecule has 0 saturated carbocycles. The highest BCUT2D eigenvalue weighted by molar-refractivity contribution is 5.84. The van der Waals surface area contributed by atoms with Crippen molar-refractivity contribution in [2.75, 3.05) is 68.7 Å². The summed E-state index contributed by atoms with van der Waals surface area (Å²) in [5.74, 6) is 0.195. The van der Waals surface area contributed by atoms with Gasteiger partial charge in [-0.3, -0.25) is 4.79 Å². The number of hydrogen-bond acceptors (Lipinski definition) is 4. The third-order valence-electron chi connectivity index (χ3n) is 5.93. The lowest BCUT2D eigenvalue weighted by molar-refractivity contribution is -0.129. The lowest BCUT2D eigenvalue weighted by Crippen LogP contribution is -2.52. The molecule has 2 aromatic rings. The van der Waals surface area contributed by atoms with E-state index in [1.807, 2.05) is 28.0 Å². The lowest BCUT2D eigenvalue weighted by Gasteiger charge is -2.37. The van der Waals surface area contributed by atoms with Gasteiger partial charge in [0.25, 0.3) is 0 Å². The highest BCUT2D eigenvalue weighted by atomic mass is 19.1. The molecule has 7 nitrogen and oxygen atoms in total. The first-order valence-electron chi connectivity index (χ1n) is 10.7. The largest absolute Gasteiger partial charge is 0.370 e. The van der Waals surface area contributed by atoms with E-state index < -0.39 is 0 Å². The average molecular weight is 425 g/mol. The predicted molar refractivity (Wildman–Crippen MR) is 122 cm³/mol. The fourth-order valence-electron chi connectivity index (χ4n) is 4.05. The topological polar surface area (TPSA) is 68.4 Å². The molecule has 1 amide bonds. The summed E-state index contributed by atoms with van der Waals surface area (Å²) in [4.78, 5) is 25.3.